The van der Waals surface area contributed by atoms with Gasteiger partial charge in [0, 0.05) is 34.8 Å². The number of aryl methyl sites for hydroxylation is 1. The summed E-state index contributed by atoms with van der Waals surface area (Å²) in [6.07, 6.45) is 3.84. The van der Waals surface area contributed by atoms with Crippen LogP contribution in [0.25, 0.3) is 10.9 Å². The highest BCUT2D eigenvalue weighted by Gasteiger charge is 2.27. The molecule has 8 heteroatoms. The number of pyridine rings is 1. The standard InChI is InChI=1S/C21H24BrN3O3S/c1-14-5-7-17(8-6-14)29(27,28)25-16(13-24-9-3-4-15(2)12-24)10-18-19(22)11-23-21(26)20(18)25/h5-8,10-11,15H,3-4,9,12-13H2,1-2H3,(H,23,26)/t15-/m0/s1. The van der Waals surface area contributed by atoms with Crippen molar-refractivity contribution < 1.29 is 8.42 Å². The summed E-state index contributed by atoms with van der Waals surface area (Å²) in [6.45, 7) is 6.45. The minimum atomic E-state index is -3.92. The van der Waals surface area contributed by atoms with E-state index < -0.39 is 15.6 Å². The van der Waals surface area contributed by atoms with E-state index in [2.05, 4.69) is 32.7 Å². The van der Waals surface area contributed by atoms with Gasteiger partial charge in [0.25, 0.3) is 15.6 Å². The first-order valence-corrected chi connectivity index (χ1v) is 12.0. The van der Waals surface area contributed by atoms with Crippen LogP contribution in [0.3, 0.4) is 0 Å². The summed E-state index contributed by atoms with van der Waals surface area (Å²) in [7, 11) is -3.92. The Hall–Kier alpha value is -1.90. The molecule has 1 aliphatic heterocycles. The minimum Gasteiger partial charge on any atom is -0.326 e. The third-order valence-electron chi connectivity index (χ3n) is 5.52. The molecule has 4 rings (SSSR count). The van der Waals surface area contributed by atoms with Gasteiger partial charge in [0.15, 0.2) is 0 Å². The smallest absolute Gasteiger partial charge is 0.273 e. The Morgan fingerprint density at radius 1 is 1.24 bits per heavy atom. The van der Waals surface area contributed by atoms with Gasteiger partial charge in [0.2, 0.25) is 0 Å². The van der Waals surface area contributed by atoms with Crippen molar-refractivity contribution in [3.8, 4) is 0 Å². The van der Waals surface area contributed by atoms with Gasteiger partial charge < -0.3 is 4.98 Å². The highest BCUT2D eigenvalue weighted by Crippen LogP contribution is 2.30. The molecule has 0 aliphatic carbocycles. The van der Waals surface area contributed by atoms with Crippen molar-refractivity contribution in [2.45, 2.75) is 38.1 Å². The summed E-state index contributed by atoms with van der Waals surface area (Å²) in [5, 5.41) is 0.601. The number of rotatable bonds is 4. The van der Waals surface area contributed by atoms with Gasteiger partial charge in [-0.3, -0.25) is 9.69 Å². The Morgan fingerprint density at radius 3 is 2.66 bits per heavy atom. The molecule has 0 spiro atoms. The van der Waals surface area contributed by atoms with Crippen LogP contribution in [0.4, 0.5) is 0 Å². The van der Waals surface area contributed by atoms with Crippen LogP contribution in [-0.4, -0.2) is 35.4 Å². The maximum absolute atomic E-state index is 13.6. The van der Waals surface area contributed by atoms with Crippen LogP contribution in [0, 0.1) is 12.8 Å². The van der Waals surface area contributed by atoms with Crippen molar-refractivity contribution in [1.29, 1.82) is 0 Å². The van der Waals surface area contributed by atoms with E-state index in [0.29, 0.717) is 28.0 Å². The molecule has 2 aromatic heterocycles. The van der Waals surface area contributed by atoms with Gasteiger partial charge in [-0.2, -0.15) is 0 Å². The van der Waals surface area contributed by atoms with E-state index >= 15 is 0 Å². The molecular weight excluding hydrogens is 454 g/mol. The summed E-state index contributed by atoms with van der Waals surface area (Å²) in [5.74, 6) is 0.574. The van der Waals surface area contributed by atoms with Crippen LogP contribution in [0.1, 0.15) is 31.0 Å². The number of halogens is 1. The van der Waals surface area contributed by atoms with Crippen LogP contribution < -0.4 is 5.56 Å². The molecule has 0 radical (unpaired) electrons. The fourth-order valence-electron chi connectivity index (χ4n) is 4.08. The van der Waals surface area contributed by atoms with E-state index in [4.69, 9.17) is 0 Å². The number of H-pyrrole nitrogens is 1. The molecule has 1 fully saturated rings. The number of aromatic amines is 1. The molecule has 0 amide bonds. The zero-order valence-corrected chi connectivity index (χ0v) is 18.9. The molecule has 0 bridgehead atoms. The number of likely N-dealkylation sites (tertiary alicyclic amines) is 1. The molecule has 1 atom stereocenters. The fourth-order valence-corrected chi connectivity index (χ4v) is 6.03. The minimum absolute atomic E-state index is 0.153. The lowest BCUT2D eigenvalue weighted by molar-refractivity contribution is 0.174. The number of nitrogens with one attached hydrogen (secondary N) is 1. The van der Waals surface area contributed by atoms with Crippen LogP contribution in [-0.2, 0) is 16.6 Å². The Balaban J connectivity index is 1.92. The summed E-state index contributed by atoms with van der Waals surface area (Å²) in [4.78, 5) is 17.7. The van der Waals surface area contributed by atoms with Gasteiger partial charge in [-0.05, 0) is 66.4 Å². The highest BCUT2D eigenvalue weighted by molar-refractivity contribution is 9.10. The number of hydrogen-bond acceptors (Lipinski definition) is 4. The SMILES string of the molecule is Cc1ccc(S(=O)(=O)n2c(CN3CCC[C@H](C)C3)cc3c(Br)c[nH]c(=O)c32)cc1. The number of piperidine rings is 1. The predicted octanol–water partition coefficient (Wildman–Crippen LogP) is 3.87. The summed E-state index contributed by atoms with van der Waals surface area (Å²) in [5.41, 5.74) is 1.31. The van der Waals surface area contributed by atoms with Crippen LogP contribution in [0.15, 0.2) is 50.7 Å². The molecule has 0 saturated carbocycles. The van der Waals surface area contributed by atoms with Crippen LogP contribution in [0.2, 0.25) is 0 Å². The van der Waals surface area contributed by atoms with Gasteiger partial charge in [-0.25, -0.2) is 12.4 Å². The predicted molar refractivity (Wildman–Crippen MR) is 118 cm³/mol. The van der Waals surface area contributed by atoms with Crippen molar-refractivity contribution in [3.63, 3.8) is 0 Å². The molecule has 6 nitrogen and oxygen atoms in total. The molecule has 1 aromatic carbocycles. The summed E-state index contributed by atoms with van der Waals surface area (Å²) < 4.78 is 29.1. The fraction of sp³-hybridized carbons (Fsp3) is 0.381. The van der Waals surface area contributed by atoms with E-state index in [0.717, 1.165) is 25.1 Å². The molecule has 0 unspecified atom stereocenters. The van der Waals surface area contributed by atoms with Crippen molar-refractivity contribution in [3.05, 3.63) is 62.6 Å². The number of benzene rings is 1. The topological polar surface area (TPSA) is 75.2 Å². The van der Waals surface area contributed by atoms with Gasteiger partial charge in [0.05, 0.1) is 4.90 Å². The maximum Gasteiger partial charge on any atom is 0.273 e. The van der Waals surface area contributed by atoms with E-state index in [9.17, 15) is 13.2 Å². The van der Waals surface area contributed by atoms with E-state index in [1.807, 2.05) is 13.0 Å². The first-order chi connectivity index (χ1) is 13.8. The van der Waals surface area contributed by atoms with E-state index in [1.54, 1.807) is 30.5 Å². The second-order valence-corrected chi connectivity index (χ2v) is 10.6. The van der Waals surface area contributed by atoms with Crippen LogP contribution in [0.5, 0.6) is 0 Å². The van der Waals surface area contributed by atoms with Crippen molar-refractivity contribution in [2.24, 2.45) is 5.92 Å². The zero-order valence-electron chi connectivity index (χ0n) is 16.5. The normalized spacial score (nSPS) is 18.4. The van der Waals surface area contributed by atoms with Crippen molar-refractivity contribution in [2.75, 3.05) is 13.1 Å². The summed E-state index contributed by atoms with van der Waals surface area (Å²) >= 11 is 3.45. The van der Waals surface area contributed by atoms with Gasteiger partial charge in [-0.15, -0.1) is 0 Å². The number of fused-ring (bicyclic) bond motifs is 1. The van der Waals surface area contributed by atoms with Gasteiger partial charge >= 0.3 is 0 Å². The second-order valence-electron chi connectivity index (χ2n) is 7.93. The monoisotopic (exact) mass is 477 g/mol. The molecule has 3 heterocycles. The Bertz CT molecular complexity index is 1210. The average Bonchev–Trinajstić information content (AvgIpc) is 3.06. The number of aromatic nitrogens is 2. The average molecular weight is 478 g/mol. The molecule has 1 aliphatic rings. The quantitative estimate of drug-likeness (QED) is 0.618. The third-order valence-corrected chi connectivity index (χ3v) is 7.94. The van der Waals surface area contributed by atoms with E-state index in [-0.39, 0.29) is 10.4 Å². The van der Waals surface area contributed by atoms with Crippen molar-refractivity contribution in [1.82, 2.24) is 13.9 Å². The maximum atomic E-state index is 13.6. The molecule has 1 saturated heterocycles. The molecule has 154 valence electrons. The van der Waals surface area contributed by atoms with Gasteiger partial charge in [0.1, 0.15) is 5.52 Å². The Labute approximate surface area is 178 Å². The first kappa shape index (κ1) is 20.4. The lowest BCUT2D eigenvalue weighted by Gasteiger charge is -2.30. The highest BCUT2D eigenvalue weighted by atomic mass is 79.9. The largest absolute Gasteiger partial charge is 0.326 e. The van der Waals surface area contributed by atoms with Crippen LogP contribution >= 0.6 is 15.9 Å². The number of nitrogens with zero attached hydrogens (tertiary/aromatic N) is 2. The van der Waals surface area contributed by atoms with Crippen molar-refractivity contribution >= 4 is 36.9 Å². The molecule has 1 N–H and O–H groups in total. The Kier molecular flexibility index (Phi) is 5.44. The lowest BCUT2D eigenvalue weighted by atomic mass is 10.0. The Morgan fingerprint density at radius 2 is 1.97 bits per heavy atom. The van der Waals surface area contributed by atoms with Gasteiger partial charge in [-0.1, -0.05) is 24.6 Å². The second kappa shape index (κ2) is 7.74. The lowest BCUT2D eigenvalue weighted by Crippen LogP contribution is -2.35. The summed E-state index contributed by atoms with van der Waals surface area (Å²) in [6, 6.07) is 8.54. The third kappa shape index (κ3) is 3.81. The zero-order chi connectivity index (χ0) is 20.8. The van der Waals surface area contributed by atoms with E-state index in [1.165, 1.54) is 10.4 Å². The first-order valence-electron chi connectivity index (χ1n) is 9.73. The molecule has 29 heavy (non-hydrogen) atoms. The molecule has 3 aromatic rings. The number of hydrogen-bond donors (Lipinski definition) is 1. The molecular formula is C21H24BrN3O3S.